The van der Waals surface area contributed by atoms with Gasteiger partial charge < -0.3 is 26.4 Å². The van der Waals surface area contributed by atoms with Crippen LogP contribution < -0.4 is 21.5 Å². The maximum absolute atomic E-state index is 12.4. The lowest BCUT2D eigenvalue weighted by molar-refractivity contribution is 0.0950. The number of amides is 1. The van der Waals surface area contributed by atoms with Crippen molar-refractivity contribution in [2.75, 3.05) is 13.1 Å². The second-order valence-electron chi connectivity index (χ2n) is 7.01. The van der Waals surface area contributed by atoms with Crippen LogP contribution in [-0.2, 0) is 6.54 Å². The molecule has 8 heteroatoms. The second kappa shape index (κ2) is 9.09. The number of amidine groups is 1. The first-order valence-corrected chi connectivity index (χ1v) is 9.49. The first kappa shape index (κ1) is 20.2. The van der Waals surface area contributed by atoms with Crippen LogP contribution >= 0.6 is 0 Å². The van der Waals surface area contributed by atoms with Gasteiger partial charge in [-0.3, -0.25) is 15.6 Å². The minimum atomic E-state index is -0.181. The average Bonchev–Trinajstić information content (AvgIpc) is 2.73. The van der Waals surface area contributed by atoms with E-state index in [2.05, 4.69) is 5.32 Å². The zero-order valence-electron chi connectivity index (χ0n) is 16.2. The molecule has 1 fully saturated rings. The Balaban J connectivity index is 1.51. The summed E-state index contributed by atoms with van der Waals surface area (Å²) in [4.78, 5) is 14.2. The summed E-state index contributed by atoms with van der Waals surface area (Å²) in [7, 11) is 0. The molecule has 0 spiro atoms. The van der Waals surface area contributed by atoms with Gasteiger partial charge in [0.1, 0.15) is 17.7 Å². The van der Waals surface area contributed by atoms with Crippen molar-refractivity contribution >= 4 is 17.7 Å². The molecule has 1 heterocycles. The zero-order chi connectivity index (χ0) is 20.8. The van der Waals surface area contributed by atoms with Gasteiger partial charge in [-0.25, -0.2) is 0 Å². The number of nitrogen functional groups attached to an aromatic ring is 1. The molecule has 1 amide bonds. The number of carbonyl (C=O) groups is 1. The van der Waals surface area contributed by atoms with Crippen LogP contribution in [0.2, 0.25) is 0 Å². The first-order chi connectivity index (χ1) is 13.9. The lowest BCUT2D eigenvalue weighted by Crippen LogP contribution is -2.44. The van der Waals surface area contributed by atoms with E-state index in [1.165, 1.54) is 0 Å². The number of piperidine rings is 1. The van der Waals surface area contributed by atoms with E-state index in [-0.39, 0.29) is 23.8 Å². The van der Waals surface area contributed by atoms with Gasteiger partial charge in [-0.2, -0.15) is 0 Å². The quantitative estimate of drug-likeness (QED) is 0.374. The topological polar surface area (TPSA) is 141 Å². The molecule has 2 aromatic carbocycles. The molecule has 2 aromatic rings. The molecule has 0 aliphatic carbocycles. The smallest absolute Gasteiger partial charge is 0.251 e. The molecular formula is C21H26N6O2. The van der Waals surface area contributed by atoms with Crippen LogP contribution in [0.4, 0.5) is 0 Å². The van der Waals surface area contributed by atoms with Crippen molar-refractivity contribution in [1.82, 2.24) is 10.2 Å². The molecule has 0 saturated carbocycles. The number of hydrogen-bond acceptors (Lipinski definition) is 4. The van der Waals surface area contributed by atoms with E-state index in [0.717, 1.165) is 24.2 Å². The maximum Gasteiger partial charge on any atom is 0.251 e. The SMILES string of the molecule is N=C(N)c1cccc(CNC(=O)c2ccc(OC3CCN(C(=N)N)CC3)cc2)c1. The van der Waals surface area contributed by atoms with Crippen LogP contribution in [-0.4, -0.2) is 41.8 Å². The summed E-state index contributed by atoms with van der Waals surface area (Å²) in [6.45, 7) is 1.78. The minimum absolute atomic E-state index is 0.000679. The fourth-order valence-corrected chi connectivity index (χ4v) is 3.23. The van der Waals surface area contributed by atoms with Crippen molar-refractivity contribution in [3.8, 4) is 5.75 Å². The predicted octanol–water partition coefficient (Wildman–Crippen LogP) is 1.64. The van der Waals surface area contributed by atoms with Crippen molar-refractivity contribution in [3.63, 3.8) is 0 Å². The molecule has 0 bridgehead atoms. The third-order valence-corrected chi connectivity index (χ3v) is 4.89. The summed E-state index contributed by atoms with van der Waals surface area (Å²) in [5, 5.41) is 17.8. The third-order valence-electron chi connectivity index (χ3n) is 4.89. The highest BCUT2D eigenvalue weighted by molar-refractivity contribution is 5.95. The monoisotopic (exact) mass is 394 g/mol. The second-order valence-corrected chi connectivity index (χ2v) is 7.01. The van der Waals surface area contributed by atoms with Crippen LogP contribution in [0.15, 0.2) is 48.5 Å². The molecule has 0 radical (unpaired) electrons. The van der Waals surface area contributed by atoms with Gasteiger partial charge in [-0.05, 0) is 35.9 Å². The number of nitrogens with one attached hydrogen (secondary N) is 3. The Hall–Kier alpha value is -3.55. The van der Waals surface area contributed by atoms with E-state index >= 15 is 0 Å². The molecule has 0 atom stereocenters. The van der Waals surface area contributed by atoms with Crippen LogP contribution in [0.5, 0.6) is 5.75 Å². The van der Waals surface area contributed by atoms with Gasteiger partial charge in [0.15, 0.2) is 5.96 Å². The van der Waals surface area contributed by atoms with E-state index in [4.69, 9.17) is 27.0 Å². The van der Waals surface area contributed by atoms with Crippen LogP contribution in [0, 0.1) is 10.8 Å². The lowest BCUT2D eigenvalue weighted by Gasteiger charge is -2.32. The van der Waals surface area contributed by atoms with E-state index < -0.39 is 0 Å². The summed E-state index contributed by atoms with van der Waals surface area (Å²) >= 11 is 0. The van der Waals surface area contributed by atoms with Crippen LogP contribution in [0.3, 0.4) is 0 Å². The van der Waals surface area contributed by atoms with Gasteiger partial charge in [0.25, 0.3) is 5.91 Å². The fraction of sp³-hybridized carbons (Fsp3) is 0.286. The van der Waals surface area contributed by atoms with E-state index in [0.29, 0.717) is 30.8 Å². The molecule has 152 valence electrons. The number of carbonyl (C=O) groups excluding carboxylic acids is 1. The highest BCUT2D eigenvalue weighted by Gasteiger charge is 2.21. The van der Waals surface area contributed by atoms with Crippen LogP contribution in [0.1, 0.15) is 34.3 Å². The van der Waals surface area contributed by atoms with Crippen molar-refractivity contribution in [2.24, 2.45) is 11.5 Å². The standard InChI is InChI=1S/C21H26N6O2/c22-19(23)16-3-1-2-14(12-16)13-26-20(28)15-4-6-17(7-5-15)29-18-8-10-27(11-9-18)21(24)25/h1-7,12,18H,8-11,13H2,(H3,22,23)(H3,24,25)(H,26,28). The molecule has 1 aliphatic rings. The van der Waals surface area contributed by atoms with Gasteiger partial charge >= 0.3 is 0 Å². The van der Waals surface area contributed by atoms with Gasteiger partial charge in [-0.1, -0.05) is 18.2 Å². The van der Waals surface area contributed by atoms with E-state index in [1.807, 2.05) is 17.0 Å². The Morgan fingerprint density at radius 3 is 2.38 bits per heavy atom. The number of nitrogens with zero attached hydrogens (tertiary/aromatic N) is 1. The van der Waals surface area contributed by atoms with Gasteiger partial charge in [0.05, 0.1) is 0 Å². The van der Waals surface area contributed by atoms with Crippen molar-refractivity contribution in [1.29, 1.82) is 10.8 Å². The Kier molecular flexibility index (Phi) is 6.33. The largest absolute Gasteiger partial charge is 0.490 e. The molecule has 8 nitrogen and oxygen atoms in total. The first-order valence-electron chi connectivity index (χ1n) is 9.49. The molecule has 0 aromatic heterocycles. The number of benzene rings is 2. The number of hydrogen-bond donors (Lipinski definition) is 5. The van der Waals surface area contributed by atoms with E-state index in [1.54, 1.807) is 36.4 Å². The highest BCUT2D eigenvalue weighted by atomic mass is 16.5. The highest BCUT2D eigenvalue weighted by Crippen LogP contribution is 2.19. The number of nitrogens with two attached hydrogens (primary N) is 2. The fourth-order valence-electron chi connectivity index (χ4n) is 3.23. The van der Waals surface area contributed by atoms with Crippen molar-refractivity contribution < 1.29 is 9.53 Å². The zero-order valence-corrected chi connectivity index (χ0v) is 16.2. The van der Waals surface area contributed by atoms with Crippen molar-refractivity contribution in [3.05, 3.63) is 65.2 Å². The molecule has 29 heavy (non-hydrogen) atoms. The summed E-state index contributed by atoms with van der Waals surface area (Å²) in [6.07, 6.45) is 1.70. The van der Waals surface area contributed by atoms with E-state index in [9.17, 15) is 4.79 Å². The number of likely N-dealkylation sites (tertiary alicyclic amines) is 1. The summed E-state index contributed by atoms with van der Waals surface area (Å²) in [6, 6.07) is 14.3. The molecule has 7 N–H and O–H groups in total. The molecular weight excluding hydrogens is 368 g/mol. The molecule has 1 aliphatic heterocycles. The van der Waals surface area contributed by atoms with Gasteiger partial charge in [0.2, 0.25) is 0 Å². The van der Waals surface area contributed by atoms with Gasteiger partial charge in [-0.15, -0.1) is 0 Å². The van der Waals surface area contributed by atoms with Gasteiger partial charge in [0, 0.05) is 43.6 Å². The molecule has 0 unspecified atom stereocenters. The lowest BCUT2D eigenvalue weighted by atomic mass is 10.1. The maximum atomic E-state index is 12.4. The molecule has 3 rings (SSSR count). The number of rotatable bonds is 6. The summed E-state index contributed by atoms with van der Waals surface area (Å²) in [5.41, 5.74) is 13.1. The Morgan fingerprint density at radius 2 is 1.76 bits per heavy atom. The van der Waals surface area contributed by atoms with Crippen molar-refractivity contribution in [2.45, 2.75) is 25.5 Å². The Morgan fingerprint density at radius 1 is 1.07 bits per heavy atom. The Bertz CT molecular complexity index is 888. The minimum Gasteiger partial charge on any atom is -0.490 e. The summed E-state index contributed by atoms with van der Waals surface area (Å²) in [5.74, 6) is 0.643. The normalized spacial score (nSPS) is 14.3. The number of ether oxygens (including phenoxy) is 1. The number of guanidine groups is 1. The summed E-state index contributed by atoms with van der Waals surface area (Å²) < 4.78 is 5.98. The Labute approximate surface area is 169 Å². The predicted molar refractivity (Wildman–Crippen MR) is 112 cm³/mol. The van der Waals surface area contributed by atoms with Crippen LogP contribution in [0.25, 0.3) is 0 Å². The third kappa shape index (κ3) is 5.47. The average molecular weight is 394 g/mol. The molecule has 1 saturated heterocycles.